The van der Waals surface area contributed by atoms with Crippen LogP contribution in [0.3, 0.4) is 0 Å². The Bertz CT molecular complexity index is 746. The summed E-state index contributed by atoms with van der Waals surface area (Å²) in [6.45, 7) is 2.67. The Labute approximate surface area is 175 Å². The maximum absolute atomic E-state index is 12.7. The molecule has 1 fully saturated rings. The van der Waals surface area contributed by atoms with Gasteiger partial charge in [-0.1, -0.05) is 29.3 Å². The fraction of sp³-hybridized carbons (Fsp3) is 0.368. The number of benzene rings is 1. The molecule has 1 aliphatic heterocycles. The Kier molecular flexibility index (Phi) is 8.64. The second-order valence-electron chi connectivity index (χ2n) is 6.12. The summed E-state index contributed by atoms with van der Waals surface area (Å²) in [4.78, 5) is 18.8. The van der Waals surface area contributed by atoms with Gasteiger partial charge in [0.2, 0.25) is 5.91 Å². The molecule has 3 rings (SSSR count). The lowest BCUT2D eigenvalue weighted by Crippen LogP contribution is -2.48. The van der Waals surface area contributed by atoms with E-state index in [2.05, 4.69) is 10.3 Å². The first kappa shape index (κ1) is 21.8. The molecule has 1 aromatic heterocycles. The van der Waals surface area contributed by atoms with Gasteiger partial charge in [0.25, 0.3) is 0 Å². The highest BCUT2D eigenvalue weighted by Gasteiger charge is 2.27. The van der Waals surface area contributed by atoms with Crippen molar-refractivity contribution >= 4 is 41.5 Å². The van der Waals surface area contributed by atoms with Gasteiger partial charge in [0, 0.05) is 43.5 Å². The summed E-state index contributed by atoms with van der Waals surface area (Å²) in [5.41, 5.74) is 1.05. The summed E-state index contributed by atoms with van der Waals surface area (Å²) in [7, 11) is 0. The first-order valence-electron chi connectivity index (χ1n) is 8.63. The van der Waals surface area contributed by atoms with Gasteiger partial charge in [-0.2, -0.15) is 0 Å². The number of rotatable bonds is 6. The van der Waals surface area contributed by atoms with Crippen LogP contribution in [0.4, 0.5) is 0 Å². The zero-order chi connectivity index (χ0) is 18.4. The van der Waals surface area contributed by atoms with Crippen molar-refractivity contribution in [1.29, 1.82) is 0 Å². The monoisotopic (exact) mass is 429 g/mol. The number of ether oxygens (including phenoxy) is 1. The van der Waals surface area contributed by atoms with Gasteiger partial charge < -0.3 is 15.0 Å². The minimum Gasteiger partial charge on any atom is -0.492 e. The average molecular weight is 431 g/mol. The molecule has 146 valence electrons. The highest BCUT2D eigenvalue weighted by molar-refractivity contribution is 6.35. The Morgan fingerprint density at radius 1 is 1.33 bits per heavy atom. The van der Waals surface area contributed by atoms with Crippen molar-refractivity contribution in [2.24, 2.45) is 0 Å². The Hall–Kier alpha value is -1.53. The maximum atomic E-state index is 12.7. The van der Waals surface area contributed by atoms with Crippen LogP contribution in [-0.2, 0) is 4.79 Å². The van der Waals surface area contributed by atoms with Crippen molar-refractivity contribution in [1.82, 2.24) is 15.2 Å². The average Bonchev–Trinajstić information content (AvgIpc) is 2.67. The molecule has 1 atom stereocenters. The number of carbonyl (C=O) groups is 1. The SMILES string of the molecule is Cl.O=C(CCCOc1ccc(Cl)cc1Cl)N1CCNCC1c1cccnc1. The maximum Gasteiger partial charge on any atom is 0.223 e. The van der Waals surface area contributed by atoms with Gasteiger partial charge in [0.15, 0.2) is 0 Å². The highest BCUT2D eigenvalue weighted by Crippen LogP contribution is 2.28. The van der Waals surface area contributed by atoms with Crippen molar-refractivity contribution in [3.05, 3.63) is 58.3 Å². The molecule has 0 spiro atoms. The van der Waals surface area contributed by atoms with E-state index in [9.17, 15) is 4.79 Å². The molecular weight excluding hydrogens is 409 g/mol. The third-order valence-corrected chi connectivity index (χ3v) is 4.85. The molecule has 27 heavy (non-hydrogen) atoms. The fourth-order valence-electron chi connectivity index (χ4n) is 3.02. The molecule has 1 N–H and O–H groups in total. The zero-order valence-corrected chi connectivity index (χ0v) is 17.1. The molecule has 0 saturated carbocycles. The lowest BCUT2D eigenvalue weighted by Gasteiger charge is -2.36. The van der Waals surface area contributed by atoms with Crippen molar-refractivity contribution in [3.63, 3.8) is 0 Å². The molecule has 1 saturated heterocycles. The third-order valence-electron chi connectivity index (χ3n) is 4.32. The lowest BCUT2D eigenvalue weighted by molar-refractivity contribution is -0.134. The van der Waals surface area contributed by atoms with E-state index < -0.39 is 0 Å². The molecule has 1 amide bonds. The second kappa shape index (κ2) is 10.7. The standard InChI is InChI=1S/C19H21Cl2N3O2.ClH/c20-15-5-6-18(16(21)11-15)26-10-2-4-19(25)24-9-8-23-13-17(24)14-3-1-7-22-12-14;/h1,3,5-7,11-12,17,23H,2,4,8-10,13H2;1H. The molecule has 8 heteroatoms. The van der Waals surface area contributed by atoms with Gasteiger partial charge in [-0.05, 0) is 36.2 Å². The third kappa shape index (κ3) is 5.98. The number of amides is 1. The first-order valence-corrected chi connectivity index (χ1v) is 9.38. The normalized spacial score (nSPS) is 16.5. The first-order chi connectivity index (χ1) is 12.6. The van der Waals surface area contributed by atoms with Crippen molar-refractivity contribution in [3.8, 4) is 5.75 Å². The van der Waals surface area contributed by atoms with E-state index in [0.29, 0.717) is 41.8 Å². The van der Waals surface area contributed by atoms with E-state index in [-0.39, 0.29) is 24.4 Å². The number of piperazine rings is 1. The van der Waals surface area contributed by atoms with Crippen LogP contribution < -0.4 is 10.1 Å². The fourth-order valence-corrected chi connectivity index (χ4v) is 3.48. The number of nitrogens with one attached hydrogen (secondary N) is 1. The molecule has 1 aliphatic rings. The zero-order valence-electron chi connectivity index (χ0n) is 14.7. The van der Waals surface area contributed by atoms with Gasteiger partial charge in [-0.3, -0.25) is 9.78 Å². The van der Waals surface area contributed by atoms with Crippen molar-refractivity contribution < 1.29 is 9.53 Å². The molecule has 0 radical (unpaired) electrons. The van der Waals surface area contributed by atoms with Gasteiger partial charge in [0.05, 0.1) is 17.7 Å². The Morgan fingerprint density at radius 2 is 2.19 bits per heavy atom. The molecule has 0 bridgehead atoms. The number of aromatic nitrogens is 1. The minimum absolute atomic E-state index is 0. The second-order valence-corrected chi connectivity index (χ2v) is 6.96. The van der Waals surface area contributed by atoms with Crippen LogP contribution >= 0.6 is 35.6 Å². The smallest absolute Gasteiger partial charge is 0.223 e. The summed E-state index contributed by atoms with van der Waals surface area (Å²) >= 11 is 12.0. The number of halogens is 3. The topological polar surface area (TPSA) is 54.5 Å². The van der Waals surface area contributed by atoms with Crippen molar-refractivity contribution in [2.75, 3.05) is 26.2 Å². The van der Waals surface area contributed by atoms with Crippen molar-refractivity contribution in [2.45, 2.75) is 18.9 Å². The summed E-state index contributed by atoms with van der Waals surface area (Å²) in [5.74, 6) is 0.713. The van der Waals surface area contributed by atoms with Gasteiger partial charge >= 0.3 is 0 Å². The quantitative estimate of drug-likeness (QED) is 0.700. The predicted octanol–water partition coefficient (Wildman–Crippen LogP) is 4.14. The lowest BCUT2D eigenvalue weighted by atomic mass is 10.0. The summed E-state index contributed by atoms with van der Waals surface area (Å²) in [5, 5.41) is 4.39. The van der Waals surface area contributed by atoms with E-state index in [1.54, 1.807) is 24.4 Å². The van der Waals surface area contributed by atoms with E-state index in [1.165, 1.54) is 0 Å². The minimum atomic E-state index is 0. The van der Waals surface area contributed by atoms with E-state index >= 15 is 0 Å². The van der Waals surface area contributed by atoms with Crippen LogP contribution in [0.2, 0.25) is 10.0 Å². The number of nitrogens with zero attached hydrogens (tertiary/aromatic N) is 2. The van der Waals surface area contributed by atoms with Crippen LogP contribution in [0.15, 0.2) is 42.7 Å². The molecule has 1 unspecified atom stereocenters. The molecule has 0 aliphatic carbocycles. The van der Waals surface area contributed by atoms with E-state index in [0.717, 1.165) is 18.7 Å². The summed E-state index contributed by atoms with van der Waals surface area (Å²) < 4.78 is 5.66. The molecular formula is C19H22Cl3N3O2. The van der Waals surface area contributed by atoms with Crippen LogP contribution in [0.25, 0.3) is 0 Å². The molecule has 5 nitrogen and oxygen atoms in total. The largest absolute Gasteiger partial charge is 0.492 e. The number of hydrogen-bond donors (Lipinski definition) is 1. The highest BCUT2D eigenvalue weighted by atomic mass is 35.5. The van der Waals surface area contributed by atoms with Gasteiger partial charge in [0.1, 0.15) is 5.75 Å². The number of carbonyl (C=O) groups excluding carboxylic acids is 1. The van der Waals surface area contributed by atoms with Crippen LogP contribution in [0, 0.1) is 0 Å². The summed E-state index contributed by atoms with van der Waals surface area (Å²) in [6, 6.07) is 9.04. The summed E-state index contributed by atoms with van der Waals surface area (Å²) in [6.07, 6.45) is 4.62. The molecule has 1 aromatic carbocycles. The molecule has 2 aromatic rings. The van der Waals surface area contributed by atoms with Gasteiger partial charge in [-0.15, -0.1) is 12.4 Å². The van der Waals surface area contributed by atoms with Crippen LogP contribution in [-0.4, -0.2) is 42.0 Å². The molecule has 2 heterocycles. The van der Waals surface area contributed by atoms with E-state index in [4.69, 9.17) is 27.9 Å². The van der Waals surface area contributed by atoms with E-state index in [1.807, 2.05) is 23.2 Å². The van der Waals surface area contributed by atoms with Gasteiger partial charge in [-0.25, -0.2) is 0 Å². The predicted molar refractivity (Wildman–Crippen MR) is 110 cm³/mol. The Morgan fingerprint density at radius 3 is 2.93 bits per heavy atom. The number of pyridine rings is 1. The van der Waals surface area contributed by atoms with Crippen LogP contribution in [0.5, 0.6) is 5.75 Å². The number of hydrogen-bond acceptors (Lipinski definition) is 4. The Balaban J connectivity index is 0.00000261. The van der Waals surface area contributed by atoms with Crippen LogP contribution in [0.1, 0.15) is 24.4 Å².